The van der Waals surface area contributed by atoms with Crippen molar-refractivity contribution in [1.29, 1.82) is 0 Å². The lowest BCUT2D eigenvalue weighted by atomic mass is 10.2. The minimum Gasteiger partial charge on any atom is -0.296 e. The normalized spacial score (nSPS) is 16.0. The van der Waals surface area contributed by atoms with Crippen LogP contribution in [-0.4, -0.2) is 53.6 Å². The molecule has 9 heteroatoms. The van der Waals surface area contributed by atoms with Gasteiger partial charge in [0.2, 0.25) is 10.0 Å². The first-order chi connectivity index (χ1) is 14.8. The molecule has 3 aromatic rings. The Kier molecular flexibility index (Phi) is 6.42. The van der Waals surface area contributed by atoms with Crippen LogP contribution in [0.2, 0.25) is 10.0 Å². The summed E-state index contributed by atoms with van der Waals surface area (Å²) in [6.07, 6.45) is 0. The molecule has 1 aliphatic heterocycles. The van der Waals surface area contributed by atoms with Crippen molar-refractivity contribution >= 4 is 33.2 Å². The molecule has 164 valence electrons. The largest absolute Gasteiger partial charge is 0.296 e. The first-order valence-corrected chi connectivity index (χ1v) is 12.2. The molecule has 0 unspecified atom stereocenters. The molecule has 1 aliphatic rings. The zero-order valence-corrected chi connectivity index (χ0v) is 19.8. The highest BCUT2D eigenvalue weighted by Crippen LogP contribution is 2.27. The third-order valence-corrected chi connectivity index (χ3v) is 8.44. The molecule has 31 heavy (non-hydrogen) atoms. The van der Waals surface area contributed by atoms with E-state index in [2.05, 4.69) is 10.00 Å². The lowest BCUT2D eigenvalue weighted by molar-refractivity contribution is 0.181. The SMILES string of the molecule is Cc1nn(-c2ccccc2)c(C)c1S(=O)(=O)N1CCN(Cc2ccc(Cl)c(Cl)c2)CC1. The van der Waals surface area contributed by atoms with Crippen LogP contribution in [0.25, 0.3) is 5.69 Å². The Hall–Kier alpha value is -1.90. The van der Waals surface area contributed by atoms with Crippen LogP contribution < -0.4 is 0 Å². The first-order valence-electron chi connectivity index (χ1n) is 10.1. The molecule has 2 heterocycles. The van der Waals surface area contributed by atoms with E-state index in [1.165, 1.54) is 0 Å². The topological polar surface area (TPSA) is 58.4 Å². The van der Waals surface area contributed by atoms with Crippen LogP contribution in [0.5, 0.6) is 0 Å². The van der Waals surface area contributed by atoms with Gasteiger partial charge in [0.05, 0.1) is 27.1 Å². The van der Waals surface area contributed by atoms with E-state index in [1.54, 1.807) is 28.9 Å². The highest BCUT2D eigenvalue weighted by atomic mass is 35.5. The predicted molar refractivity (Wildman–Crippen MR) is 124 cm³/mol. The molecule has 0 radical (unpaired) electrons. The Morgan fingerprint density at radius 2 is 1.61 bits per heavy atom. The molecule has 0 atom stereocenters. The van der Waals surface area contributed by atoms with Gasteiger partial charge in [-0.05, 0) is 43.7 Å². The maximum atomic E-state index is 13.4. The van der Waals surface area contributed by atoms with Crippen LogP contribution in [0.3, 0.4) is 0 Å². The zero-order valence-electron chi connectivity index (χ0n) is 17.4. The molecule has 0 amide bonds. The number of benzene rings is 2. The molecule has 4 rings (SSSR count). The van der Waals surface area contributed by atoms with Crippen molar-refractivity contribution < 1.29 is 8.42 Å². The molecule has 1 fully saturated rings. The van der Waals surface area contributed by atoms with Crippen LogP contribution in [0.1, 0.15) is 17.0 Å². The van der Waals surface area contributed by atoms with E-state index in [1.807, 2.05) is 42.5 Å². The van der Waals surface area contributed by atoms with Gasteiger partial charge in [-0.3, -0.25) is 4.90 Å². The molecular weight excluding hydrogens is 455 g/mol. The van der Waals surface area contributed by atoms with Gasteiger partial charge < -0.3 is 0 Å². The Morgan fingerprint density at radius 1 is 0.935 bits per heavy atom. The van der Waals surface area contributed by atoms with E-state index in [0.717, 1.165) is 11.3 Å². The van der Waals surface area contributed by atoms with Gasteiger partial charge in [-0.2, -0.15) is 9.40 Å². The second kappa shape index (κ2) is 8.92. The van der Waals surface area contributed by atoms with Crippen molar-refractivity contribution in [3.8, 4) is 5.69 Å². The fraction of sp³-hybridized carbons (Fsp3) is 0.318. The second-order valence-corrected chi connectivity index (χ2v) is 10.4. The average Bonchev–Trinajstić information content (AvgIpc) is 3.06. The number of piperazine rings is 1. The average molecular weight is 479 g/mol. The summed E-state index contributed by atoms with van der Waals surface area (Å²) < 4.78 is 30.1. The van der Waals surface area contributed by atoms with Gasteiger partial charge >= 0.3 is 0 Å². The minimum atomic E-state index is -3.63. The molecular formula is C22H24Cl2N4O2S. The van der Waals surface area contributed by atoms with Crippen molar-refractivity contribution in [2.75, 3.05) is 26.2 Å². The van der Waals surface area contributed by atoms with Crippen LogP contribution in [-0.2, 0) is 16.6 Å². The zero-order chi connectivity index (χ0) is 22.2. The highest BCUT2D eigenvalue weighted by molar-refractivity contribution is 7.89. The van der Waals surface area contributed by atoms with Gasteiger partial charge in [-0.15, -0.1) is 0 Å². The van der Waals surface area contributed by atoms with E-state index >= 15 is 0 Å². The van der Waals surface area contributed by atoms with Crippen LogP contribution in [0, 0.1) is 13.8 Å². The van der Waals surface area contributed by atoms with Crippen LogP contribution in [0.4, 0.5) is 0 Å². The van der Waals surface area contributed by atoms with Gasteiger partial charge in [0, 0.05) is 32.7 Å². The second-order valence-electron chi connectivity index (χ2n) is 7.68. The summed E-state index contributed by atoms with van der Waals surface area (Å²) >= 11 is 12.1. The Bertz CT molecular complexity index is 1190. The van der Waals surface area contributed by atoms with Gasteiger partial charge in [0.1, 0.15) is 4.90 Å². The number of hydrogen-bond acceptors (Lipinski definition) is 4. The number of nitrogens with zero attached hydrogens (tertiary/aromatic N) is 4. The van der Waals surface area contributed by atoms with E-state index in [-0.39, 0.29) is 0 Å². The lowest BCUT2D eigenvalue weighted by Crippen LogP contribution is -2.48. The standard InChI is InChI=1S/C22H24Cl2N4O2S/c1-16-22(17(2)28(25-16)19-6-4-3-5-7-19)31(29,30)27-12-10-26(11-13-27)15-18-8-9-20(23)21(24)14-18/h3-9,14H,10-13,15H2,1-2H3. The molecule has 2 aromatic carbocycles. The molecule has 0 saturated carbocycles. The minimum absolute atomic E-state index is 0.300. The van der Waals surface area contributed by atoms with Crippen molar-refractivity contribution in [3.05, 3.63) is 75.5 Å². The maximum Gasteiger partial charge on any atom is 0.246 e. The summed E-state index contributed by atoms with van der Waals surface area (Å²) in [7, 11) is -3.63. The van der Waals surface area contributed by atoms with Crippen molar-refractivity contribution in [2.45, 2.75) is 25.3 Å². The third-order valence-electron chi connectivity index (χ3n) is 5.55. The summed E-state index contributed by atoms with van der Waals surface area (Å²) in [5, 5.41) is 5.56. The number of aromatic nitrogens is 2. The summed E-state index contributed by atoms with van der Waals surface area (Å²) in [4.78, 5) is 2.52. The van der Waals surface area contributed by atoms with E-state index < -0.39 is 10.0 Å². The quantitative estimate of drug-likeness (QED) is 0.548. The number of aryl methyl sites for hydroxylation is 1. The van der Waals surface area contributed by atoms with Crippen molar-refractivity contribution in [3.63, 3.8) is 0 Å². The van der Waals surface area contributed by atoms with Crippen LogP contribution >= 0.6 is 23.2 Å². The molecule has 0 bridgehead atoms. The first kappa shape index (κ1) is 22.3. The summed E-state index contributed by atoms with van der Waals surface area (Å²) in [5.74, 6) is 0. The number of halogens is 2. The van der Waals surface area contributed by atoms with Gasteiger partial charge in [-0.1, -0.05) is 47.5 Å². The van der Waals surface area contributed by atoms with Gasteiger partial charge in [0.15, 0.2) is 0 Å². The Morgan fingerprint density at radius 3 is 2.26 bits per heavy atom. The number of sulfonamides is 1. The van der Waals surface area contributed by atoms with Gasteiger partial charge in [-0.25, -0.2) is 13.1 Å². The molecule has 1 aromatic heterocycles. The van der Waals surface area contributed by atoms with Crippen molar-refractivity contribution in [1.82, 2.24) is 19.0 Å². The molecule has 0 spiro atoms. The fourth-order valence-electron chi connectivity index (χ4n) is 3.98. The Balaban J connectivity index is 1.49. The molecule has 6 nitrogen and oxygen atoms in total. The molecule has 0 N–H and O–H groups in total. The summed E-state index contributed by atoms with van der Waals surface area (Å²) in [6.45, 7) is 6.40. The number of rotatable bonds is 5. The summed E-state index contributed by atoms with van der Waals surface area (Å²) in [5.41, 5.74) is 3.04. The highest BCUT2D eigenvalue weighted by Gasteiger charge is 2.33. The third kappa shape index (κ3) is 4.52. The predicted octanol–water partition coefficient (Wildman–Crippen LogP) is 4.30. The Labute approximate surface area is 193 Å². The van der Waals surface area contributed by atoms with E-state index in [9.17, 15) is 8.42 Å². The van der Waals surface area contributed by atoms with E-state index in [4.69, 9.17) is 23.2 Å². The summed E-state index contributed by atoms with van der Waals surface area (Å²) in [6, 6.07) is 15.2. The smallest absolute Gasteiger partial charge is 0.246 e. The number of hydrogen-bond donors (Lipinski definition) is 0. The van der Waals surface area contributed by atoms with Gasteiger partial charge in [0.25, 0.3) is 0 Å². The monoisotopic (exact) mass is 478 g/mol. The van der Waals surface area contributed by atoms with Crippen molar-refractivity contribution in [2.24, 2.45) is 0 Å². The number of para-hydroxylation sites is 1. The van der Waals surface area contributed by atoms with E-state index in [0.29, 0.717) is 59.1 Å². The van der Waals surface area contributed by atoms with Crippen LogP contribution in [0.15, 0.2) is 53.4 Å². The maximum absolute atomic E-state index is 13.4. The molecule has 1 saturated heterocycles. The lowest BCUT2D eigenvalue weighted by Gasteiger charge is -2.34. The fourth-order valence-corrected chi connectivity index (χ4v) is 6.07. The molecule has 0 aliphatic carbocycles.